The van der Waals surface area contributed by atoms with Crippen LogP contribution in [-0.2, 0) is 4.74 Å². The van der Waals surface area contributed by atoms with Crippen LogP contribution in [-0.4, -0.2) is 40.8 Å². The van der Waals surface area contributed by atoms with E-state index in [0.717, 1.165) is 36.1 Å². The predicted molar refractivity (Wildman–Crippen MR) is 187 cm³/mol. The lowest BCUT2D eigenvalue weighted by Crippen LogP contribution is -2.33. The van der Waals surface area contributed by atoms with Gasteiger partial charge in [0.15, 0.2) is 11.9 Å². The molecule has 10 heteroatoms. The van der Waals surface area contributed by atoms with Crippen LogP contribution in [0.5, 0.6) is 11.5 Å². The molecule has 0 saturated heterocycles. The molecule has 0 aliphatic rings. The third-order valence-electron chi connectivity index (χ3n) is 8.20. The summed E-state index contributed by atoms with van der Waals surface area (Å²) in [5.74, 6) is -0.545. The number of benzene rings is 3. The summed E-state index contributed by atoms with van der Waals surface area (Å²) in [6.07, 6.45) is 6.17. The maximum atomic E-state index is 13.5. The van der Waals surface area contributed by atoms with Crippen LogP contribution in [0.2, 0.25) is 0 Å². The second kappa shape index (κ2) is 19.5. The van der Waals surface area contributed by atoms with Crippen molar-refractivity contribution in [2.45, 2.75) is 96.8 Å². The summed E-state index contributed by atoms with van der Waals surface area (Å²) in [5, 5.41) is 0. The Labute approximate surface area is 292 Å². The van der Waals surface area contributed by atoms with Gasteiger partial charge in [-0.1, -0.05) is 95.5 Å². The number of unbranched alkanes of at least 4 members (excludes halogenated alkanes) is 8. The lowest BCUT2D eigenvalue weighted by molar-refractivity contribution is -0.206. The molecule has 0 fully saturated rings. The van der Waals surface area contributed by atoms with Crippen molar-refractivity contribution in [2.75, 3.05) is 6.61 Å². The topological polar surface area (TPSA) is 87.6 Å². The lowest BCUT2D eigenvalue weighted by atomic mass is 10.1. The van der Waals surface area contributed by atoms with Gasteiger partial charge in [0.05, 0.1) is 17.7 Å². The number of alkyl halides is 3. The fraction of sp³-hybridized carbons (Fsp3) is 0.400. The Hall–Kier alpha value is -4.73. The molecule has 0 bridgehead atoms. The van der Waals surface area contributed by atoms with E-state index in [-0.39, 0.29) is 23.3 Å². The average Bonchev–Trinajstić information content (AvgIpc) is 3.12. The number of aromatic nitrogens is 2. The SMILES string of the molecule is CCCCCCCCOc1ccc(-c2cnc(-c3ccc(C(=O)Oc4cccc(C(=O)O[C@H](CCCCCC)C(F)(F)F)c4)cc3)nc2)cc1. The molecule has 0 saturated carbocycles. The summed E-state index contributed by atoms with van der Waals surface area (Å²) >= 11 is 0. The molecule has 3 aromatic carbocycles. The Bertz CT molecular complexity index is 1630. The van der Waals surface area contributed by atoms with Crippen LogP contribution in [0.15, 0.2) is 85.2 Å². The molecule has 1 atom stereocenters. The third kappa shape index (κ3) is 12.0. The molecule has 0 aliphatic heterocycles. The Morgan fingerprint density at radius 2 is 1.28 bits per heavy atom. The van der Waals surface area contributed by atoms with E-state index in [1.165, 1.54) is 56.4 Å². The van der Waals surface area contributed by atoms with Crippen LogP contribution < -0.4 is 9.47 Å². The molecular weight excluding hydrogens is 645 g/mol. The van der Waals surface area contributed by atoms with Gasteiger partial charge in [0, 0.05) is 23.5 Å². The van der Waals surface area contributed by atoms with Gasteiger partial charge in [-0.05, 0) is 67.3 Å². The van der Waals surface area contributed by atoms with Crippen molar-refractivity contribution in [1.29, 1.82) is 0 Å². The van der Waals surface area contributed by atoms with Gasteiger partial charge in [-0.15, -0.1) is 0 Å². The van der Waals surface area contributed by atoms with Gasteiger partial charge in [-0.3, -0.25) is 0 Å². The number of hydrogen-bond acceptors (Lipinski definition) is 7. The zero-order chi connectivity index (χ0) is 35.8. The first kappa shape index (κ1) is 38.1. The van der Waals surface area contributed by atoms with Gasteiger partial charge in [0.25, 0.3) is 0 Å². The Morgan fingerprint density at radius 3 is 1.94 bits per heavy atom. The second-order valence-corrected chi connectivity index (χ2v) is 12.2. The van der Waals surface area contributed by atoms with E-state index in [1.54, 1.807) is 36.7 Å². The molecule has 0 aliphatic carbocycles. The van der Waals surface area contributed by atoms with Gasteiger partial charge in [0.1, 0.15) is 11.5 Å². The largest absolute Gasteiger partial charge is 0.494 e. The Morgan fingerprint density at radius 1 is 0.660 bits per heavy atom. The zero-order valence-electron chi connectivity index (χ0n) is 28.7. The van der Waals surface area contributed by atoms with E-state index in [4.69, 9.17) is 14.2 Å². The minimum Gasteiger partial charge on any atom is -0.494 e. The standard InChI is InChI=1S/C40H45F3N2O5/c1-3-5-7-9-10-12-25-48-34-23-21-29(22-24-34)33-27-44-37(45-28-33)30-17-19-31(20-18-30)38(46)49-35-15-13-14-32(26-35)39(47)50-36(40(41,42)43)16-11-8-6-4-2/h13-15,17-24,26-28,36H,3-12,16,25H2,1-2H3/t36-/m1/s1. The van der Waals surface area contributed by atoms with Crippen LogP contribution in [0.4, 0.5) is 13.2 Å². The van der Waals surface area contributed by atoms with Gasteiger partial charge in [0.2, 0.25) is 0 Å². The fourth-order valence-corrected chi connectivity index (χ4v) is 5.29. The minimum absolute atomic E-state index is 0.00338. The number of halogens is 3. The molecule has 0 spiro atoms. The molecule has 266 valence electrons. The van der Waals surface area contributed by atoms with E-state index in [9.17, 15) is 22.8 Å². The van der Waals surface area contributed by atoms with Gasteiger partial charge < -0.3 is 14.2 Å². The number of rotatable bonds is 19. The number of hydrogen-bond donors (Lipinski definition) is 0. The van der Waals surface area contributed by atoms with Crippen LogP contribution >= 0.6 is 0 Å². The van der Waals surface area contributed by atoms with Gasteiger partial charge in [-0.2, -0.15) is 13.2 Å². The molecule has 0 unspecified atom stereocenters. The molecular formula is C40H45F3N2O5. The second-order valence-electron chi connectivity index (χ2n) is 12.2. The van der Waals surface area contributed by atoms with E-state index >= 15 is 0 Å². The number of carbonyl (C=O) groups is 2. The summed E-state index contributed by atoms with van der Waals surface area (Å²) in [5.41, 5.74) is 2.57. The Balaban J connectivity index is 1.29. The highest BCUT2D eigenvalue weighted by Crippen LogP contribution is 2.29. The first-order valence-electron chi connectivity index (χ1n) is 17.4. The molecule has 4 rings (SSSR count). The molecule has 0 N–H and O–H groups in total. The van der Waals surface area contributed by atoms with E-state index in [0.29, 0.717) is 30.8 Å². The first-order chi connectivity index (χ1) is 24.2. The molecule has 4 aromatic rings. The lowest BCUT2D eigenvalue weighted by Gasteiger charge is -2.20. The first-order valence-corrected chi connectivity index (χ1v) is 17.4. The van der Waals surface area contributed by atoms with Crippen molar-refractivity contribution in [1.82, 2.24) is 9.97 Å². The van der Waals surface area contributed by atoms with Crippen LogP contribution in [0.3, 0.4) is 0 Å². The molecule has 0 radical (unpaired) electrons. The minimum atomic E-state index is -4.68. The predicted octanol–water partition coefficient (Wildman–Crippen LogP) is 10.8. The summed E-state index contributed by atoms with van der Waals surface area (Å²) in [6, 6.07) is 19.7. The summed E-state index contributed by atoms with van der Waals surface area (Å²) in [4.78, 5) is 34.4. The van der Waals surface area contributed by atoms with Crippen LogP contribution in [0, 0.1) is 0 Å². The van der Waals surface area contributed by atoms with E-state index in [2.05, 4.69) is 16.9 Å². The van der Waals surface area contributed by atoms with Crippen LogP contribution in [0.25, 0.3) is 22.5 Å². The van der Waals surface area contributed by atoms with Crippen molar-refractivity contribution < 1.29 is 37.0 Å². The van der Waals surface area contributed by atoms with Crippen molar-refractivity contribution in [3.63, 3.8) is 0 Å². The molecule has 0 amide bonds. The maximum Gasteiger partial charge on any atom is 0.425 e. The number of carbonyl (C=O) groups excluding carboxylic acids is 2. The van der Waals surface area contributed by atoms with Crippen LogP contribution in [0.1, 0.15) is 105 Å². The maximum absolute atomic E-state index is 13.5. The van der Waals surface area contributed by atoms with Gasteiger partial charge >= 0.3 is 18.1 Å². The van der Waals surface area contributed by atoms with E-state index < -0.39 is 24.2 Å². The molecule has 50 heavy (non-hydrogen) atoms. The average molecular weight is 691 g/mol. The summed E-state index contributed by atoms with van der Waals surface area (Å²) in [7, 11) is 0. The van der Waals surface area contributed by atoms with Crippen molar-refractivity contribution in [3.05, 3.63) is 96.3 Å². The quantitative estimate of drug-likeness (QED) is 0.0550. The normalized spacial score (nSPS) is 11.9. The van der Waals surface area contributed by atoms with Crippen molar-refractivity contribution in [2.24, 2.45) is 0 Å². The summed E-state index contributed by atoms with van der Waals surface area (Å²) < 4.78 is 56.6. The van der Waals surface area contributed by atoms with E-state index in [1.807, 2.05) is 31.2 Å². The number of nitrogens with zero attached hydrogens (tertiary/aromatic N) is 2. The monoisotopic (exact) mass is 690 g/mol. The van der Waals surface area contributed by atoms with Crippen molar-refractivity contribution in [3.8, 4) is 34.0 Å². The zero-order valence-corrected chi connectivity index (χ0v) is 28.7. The highest BCUT2D eigenvalue weighted by Gasteiger charge is 2.42. The fourth-order valence-electron chi connectivity index (χ4n) is 5.29. The molecule has 7 nitrogen and oxygen atoms in total. The Kier molecular flexibility index (Phi) is 14.8. The third-order valence-corrected chi connectivity index (χ3v) is 8.20. The van der Waals surface area contributed by atoms with Gasteiger partial charge in [-0.25, -0.2) is 19.6 Å². The number of ether oxygens (including phenoxy) is 3. The summed E-state index contributed by atoms with van der Waals surface area (Å²) in [6.45, 7) is 4.88. The number of esters is 2. The molecule has 1 aromatic heterocycles. The van der Waals surface area contributed by atoms with Crippen molar-refractivity contribution >= 4 is 11.9 Å². The highest BCUT2D eigenvalue weighted by atomic mass is 19.4. The smallest absolute Gasteiger partial charge is 0.425 e. The molecule has 1 heterocycles. The highest BCUT2D eigenvalue weighted by molar-refractivity contribution is 5.93.